The lowest BCUT2D eigenvalue weighted by Gasteiger charge is -2.06. The summed E-state index contributed by atoms with van der Waals surface area (Å²) in [6, 6.07) is 0. The van der Waals surface area contributed by atoms with Crippen molar-refractivity contribution in [2.75, 3.05) is 46.2 Å². The van der Waals surface area contributed by atoms with Crippen molar-refractivity contribution >= 4 is 17.5 Å². The van der Waals surface area contributed by atoms with Crippen LogP contribution in [0.25, 0.3) is 0 Å². The van der Waals surface area contributed by atoms with E-state index in [0.717, 1.165) is 0 Å². The molecule has 0 saturated heterocycles. The number of rotatable bonds is 12. The van der Waals surface area contributed by atoms with Crippen LogP contribution in [0.2, 0.25) is 0 Å². The van der Waals surface area contributed by atoms with Gasteiger partial charge in [-0.15, -0.1) is 0 Å². The second kappa shape index (κ2) is 11.8. The van der Waals surface area contributed by atoms with Crippen molar-refractivity contribution in [3.8, 4) is 0 Å². The Morgan fingerprint density at radius 3 is 1.79 bits per heavy atom. The molecule has 110 valence electrons. The normalized spacial score (nSPS) is 10.2. The van der Waals surface area contributed by atoms with Gasteiger partial charge in [0.2, 0.25) is 5.91 Å². The van der Waals surface area contributed by atoms with Gasteiger partial charge in [0, 0.05) is 6.54 Å². The molecule has 0 fully saturated rings. The Bertz CT molecular complexity index is 292. The van der Waals surface area contributed by atoms with E-state index in [4.69, 9.17) is 14.2 Å². The first-order chi connectivity index (χ1) is 9.02. The fourth-order valence-electron chi connectivity index (χ4n) is 1.03. The zero-order chi connectivity index (χ0) is 14.5. The van der Waals surface area contributed by atoms with Gasteiger partial charge in [0.05, 0.1) is 19.8 Å². The Kier molecular flexibility index (Phi) is 11.0. The minimum absolute atomic E-state index is 0.0525. The minimum atomic E-state index is -0.266. The number of ketones is 2. The molecule has 0 unspecified atom stereocenters. The summed E-state index contributed by atoms with van der Waals surface area (Å²) < 4.78 is 15.0. The number of carbonyl (C=O) groups is 3. The molecule has 7 heteroatoms. The Morgan fingerprint density at radius 2 is 1.26 bits per heavy atom. The van der Waals surface area contributed by atoms with Gasteiger partial charge in [-0.05, 0) is 13.8 Å². The van der Waals surface area contributed by atoms with E-state index in [1.165, 1.54) is 13.8 Å². The van der Waals surface area contributed by atoms with Crippen LogP contribution in [0.4, 0.5) is 0 Å². The van der Waals surface area contributed by atoms with Crippen LogP contribution in [0.15, 0.2) is 0 Å². The van der Waals surface area contributed by atoms with Crippen molar-refractivity contribution in [2.24, 2.45) is 0 Å². The van der Waals surface area contributed by atoms with Gasteiger partial charge in [0.15, 0.2) is 11.6 Å². The Balaban J connectivity index is 3.26. The van der Waals surface area contributed by atoms with Gasteiger partial charge < -0.3 is 19.5 Å². The third-order valence-electron chi connectivity index (χ3n) is 1.78. The highest BCUT2D eigenvalue weighted by atomic mass is 16.5. The van der Waals surface area contributed by atoms with Crippen LogP contribution in [0.1, 0.15) is 13.8 Å². The Labute approximate surface area is 112 Å². The number of ether oxygens (including phenoxy) is 3. The van der Waals surface area contributed by atoms with E-state index < -0.39 is 0 Å². The van der Waals surface area contributed by atoms with Gasteiger partial charge in [0.1, 0.15) is 19.8 Å². The van der Waals surface area contributed by atoms with Crippen LogP contribution in [0.3, 0.4) is 0 Å². The molecule has 0 saturated carbocycles. The number of nitrogens with one attached hydrogen (secondary N) is 1. The standard InChI is InChI=1S/C12H21NO6/c1-10(14)7-17-4-3-13-12(16)9-19-6-5-18-8-11(2)15/h3-9H2,1-2H3,(H,13,16). The molecular weight excluding hydrogens is 254 g/mol. The number of Topliss-reactive ketones (excluding diaryl/α,β-unsaturated/α-hetero) is 2. The molecule has 1 amide bonds. The van der Waals surface area contributed by atoms with E-state index in [9.17, 15) is 14.4 Å². The molecule has 0 bridgehead atoms. The number of hydrogen-bond donors (Lipinski definition) is 1. The summed E-state index contributed by atoms with van der Waals surface area (Å²) in [6.07, 6.45) is 0. The zero-order valence-corrected chi connectivity index (χ0v) is 11.4. The Hall–Kier alpha value is -1.31. The van der Waals surface area contributed by atoms with Crippen LogP contribution >= 0.6 is 0 Å². The summed E-state index contributed by atoms with van der Waals surface area (Å²) in [5, 5.41) is 2.57. The van der Waals surface area contributed by atoms with Crippen LogP contribution in [-0.2, 0) is 28.6 Å². The van der Waals surface area contributed by atoms with E-state index in [0.29, 0.717) is 6.54 Å². The van der Waals surface area contributed by atoms with Gasteiger partial charge in [0.25, 0.3) is 0 Å². The summed E-state index contributed by atoms with van der Waals surface area (Å²) in [7, 11) is 0. The molecule has 0 radical (unpaired) electrons. The summed E-state index contributed by atoms with van der Waals surface area (Å²) in [4.78, 5) is 32.3. The van der Waals surface area contributed by atoms with Crippen LogP contribution in [-0.4, -0.2) is 63.7 Å². The zero-order valence-electron chi connectivity index (χ0n) is 11.4. The van der Waals surface area contributed by atoms with E-state index in [2.05, 4.69) is 5.32 Å². The number of carbonyl (C=O) groups excluding carboxylic acids is 3. The summed E-state index contributed by atoms with van der Waals surface area (Å²) in [6.45, 7) is 4.04. The predicted molar refractivity (Wildman–Crippen MR) is 66.8 cm³/mol. The van der Waals surface area contributed by atoms with Crippen molar-refractivity contribution in [3.05, 3.63) is 0 Å². The van der Waals surface area contributed by atoms with Gasteiger partial charge in [-0.25, -0.2) is 0 Å². The molecule has 7 nitrogen and oxygen atoms in total. The number of hydrogen-bond acceptors (Lipinski definition) is 6. The quantitative estimate of drug-likeness (QED) is 0.475. The summed E-state index contributed by atoms with van der Waals surface area (Å²) >= 11 is 0. The molecule has 0 aliphatic heterocycles. The van der Waals surface area contributed by atoms with Crippen LogP contribution in [0, 0.1) is 0 Å². The molecule has 0 spiro atoms. The van der Waals surface area contributed by atoms with Crippen molar-refractivity contribution in [2.45, 2.75) is 13.8 Å². The van der Waals surface area contributed by atoms with Gasteiger partial charge in [-0.3, -0.25) is 14.4 Å². The molecule has 1 N–H and O–H groups in total. The third kappa shape index (κ3) is 14.6. The predicted octanol–water partition coefficient (Wildman–Crippen LogP) is -0.670. The lowest BCUT2D eigenvalue weighted by Crippen LogP contribution is -2.31. The average molecular weight is 275 g/mol. The van der Waals surface area contributed by atoms with Crippen molar-refractivity contribution in [1.82, 2.24) is 5.32 Å². The van der Waals surface area contributed by atoms with Crippen molar-refractivity contribution in [3.63, 3.8) is 0 Å². The lowest BCUT2D eigenvalue weighted by molar-refractivity contribution is -0.128. The largest absolute Gasteiger partial charge is 0.372 e. The molecule has 0 aromatic rings. The molecular formula is C12H21NO6. The molecule has 0 aliphatic rings. The fourth-order valence-corrected chi connectivity index (χ4v) is 1.03. The molecule has 19 heavy (non-hydrogen) atoms. The molecule has 0 aliphatic carbocycles. The monoisotopic (exact) mass is 275 g/mol. The highest BCUT2D eigenvalue weighted by molar-refractivity contribution is 5.77. The lowest BCUT2D eigenvalue weighted by atomic mass is 10.5. The average Bonchev–Trinajstić information content (AvgIpc) is 2.32. The van der Waals surface area contributed by atoms with E-state index in [1.54, 1.807) is 0 Å². The molecule has 0 heterocycles. The second-order valence-corrected chi connectivity index (χ2v) is 3.91. The number of amides is 1. The van der Waals surface area contributed by atoms with Gasteiger partial charge in [-0.2, -0.15) is 0 Å². The smallest absolute Gasteiger partial charge is 0.246 e. The second-order valence-electron chi connectivity index (χ2n) is 3.91. The topological polar surface area (TPSA) is 90.9 Å². The van der Waals surface area contributed by atoms with E-state index in [-0.39, 0.29) is 57.1 Å². The maximum Gasteiger partial charge on any atom is 0.246 e. The van der Waals surface area contributed by atoms with E-state index >= 15 is 0 Å². The summed E-state index contributed by atoms with van der Waals surface area (Å²) in [5.41, 5.74) is 0. The molecule has 0 rings (SSSR count). The first-order valence-electron chi connectivity index (χ1n) is 6.01. The maximum atomic E-state index is 11.2. The third-order valence-corrected chi connectivity index (χ3v) is 1.78. The highest BCUT2D eigenvalue weighted by Crippen LogP contribution is 1.81. The summed E-state index contributed by atoms with van der Waals surface area (Å²) in [5.74, 6) is -0.374. The first-order valence-corrected chi connectivity index (χ1v) is 6.01. The molecule has 0 aromatic heterocycles. The van der Waals surface area contributed by atoms with Crippen LogP contribution < -0.4 is 5.32 Å². The van der Waals surface area contributed by atoms with Crippen LogP contribution in [0.5, 0.6) is 0 Å². The van der Waals surface area contributed by atoms with Crippen molar-refractivity contribution in [1.29, 1.82) is 0 Å². The Morgan fingerprint density at radius 1 is 0.789 bits per heavy atom. The van der Waals surface area contributed by atoms with Crippen molar-refractivity contribution < 1.29 is 28.6 Å². The maximum absolute atomic E-state index is 11.2. The van der Waals surface area contributed by atoms with Gasteiger partial charge in [-0.1, -0.05) is 0 Å². The fraction of sp³-hybridized carbons (Fsp3) is 0.750. The van der Waals surface area contributed by atoms with E-state index in [1.807, 2.05) is 0 Å². The minimum Gasteiger partial charge on any atom is -0.372 e. The highest BCUT2D eigenvalue weighted by Gasteiger charge is 2.01. The molecule has 0 atom stereocenters. The molecule has 0 aromatic carbocycles. The first kappa shape index (κ1) is 17.7. The SMILES string of the molecule is CC(=O)COCCNC(=O)COCCOCC(C)=O. The van der Waals surface area contributed by atoms with Gasteiger partial charge >= 0.3 is 0 Å².